The second-order valence-electron chi connectivity index (χ2n) is 8.10. The molecule has 0 saturated heterocycles. The number of fused-ring (bicyclic) bond motifs is 1. The van der Waals surface area contributed by atoms with Crippen molar-refractivity contribution in [2.24, 2.45) is 4.99 Å². The molecule has 2 aliphatic rings. The van der Waals surface area contributed by atoms with Crippen molar-refractivity contribution in [3.8, 4) is 17.2 Å². The van der Waals surface area contributed by atoms with Gasteiger partial charge in [0.15, 0.2) is 16.7 Å². The molecule has 2 aromatic rings. The first-order valence-corrected chi connectivity index (χ1v) is 12.5. The van der Waals surface area contributed by atoms with E-state index < -0.39 is 23.8 Å². The highest BCUT2D eigenvalue weighted by atomic mass is 32.2. The van der Waals surface area contributed by atoms with Crippen LogP contribution in [-0.4, -0.2) is 55.8 Å². The molecule has 38 heavy (non-hydrogen) atoms. The number of anilines is 1. The molecule has 0 radical (unpaired) electrons. The summed E-state index contributed by atoms with van der Waals surface area (Å²) >= 11 is 1.03. The first-order valence-electron chi connectivity index (χ1n) is 11.7. The van der Waals surface area contributed by atoms with Crippen LogP contribution >= 0.6 is 11.8 Å². The maximum absolute atomic E-state index is 13.6. The maximum Gasteiger partial charge on any atom is 0.338 e. The fraction of sp³-hybridized carbons (Fsp3) is 0.259. The van der Waals surface area contributed by atoms with Crippen LogP contribution in [0.25, 0.3) is 0 Å². The van der Waals surface area contributed by atoms with E-state index in [9.17, 15) is 14.4 Å². The Morgan fingerprint density at radius 2 is 1.79 bits per heavy atom. The highest BCUT2D eigenvalue weighted by Gasteiger charge is 2.44. The van der Waals surface area contributed by atoms with E-state index in [0.29, 0.717) is 34.2 Å². The molecule has 2 amide bonds. The van der Waals surface area contributed by atoms with E-state index in [2.05, 4.69) is 10.3 Å². The monoisotopic (exact) mass is 537 g/mol. The van der Waals surface area contributed by atoms with Crippen molar-refractivity contribution in [3.63, 3.8) is 0 Å². The number of carbonyl (C=O) groups is 3. The lowest BCUT2D eigenvalue weighted by Crippen LogP contribution is -2.45. The number of nitrogens with zero attached hydrogens (tertiary/aromatic N) is 2. The molecule has 198 valence electrons. The van der Waals surface area contributed by atoms with Crippen LogP contribution in [0.2, 0.25) is 0 Å². The maximum atomic E-state index is 13.6. The lowest BCUT2D eigenvalue weighted by molar-refractivity contribution is -0.139. The fourth-order valence-corrected chi connectivity index (χ4v) is 5.14. The molecule has 10 nitrogen and oxygen atoms in total. The number of para-hydroxylation sites is 1. The van der Waals surface area contributed by atoms with Crippen molar-refractivity contribution >= 4 is 40.4 Å². The van der Waals surface area contributed by atoms with Crippen molar-refractivity contribution in [3.05, 3.63) is 70.3 Å². The van der Waals surface area contributed by atoms with Crippen LogP contribution in [-0.2, 0) is 19.1 Å². The van der Waals surface area contributed by atoms with Crippen LogP contribution in [0.1, 0.15) is 25.5 Å². The van der Waals surface area contributed by atoms with Gasteiger partial charge in [-0.15, -0.1) is 0 Å². The highest BCUT2D eigenvalue weighted by molar-refractivity contribution is 8.18. The lowest BCUT2D eigenvalue weighted by atomic mass is 9.93. The van der Waals surface area contributed by atoms with Crippen molar-refractivity contribution in [1.82, 2.24) is 4.90 Å². The molecule has 1 N–H and O–H groups in total. The number of nitrogens with one attached hydrogen (secondary N) is 1. The minimum absolute atomic E-state index is 0.145. The smallest absolute Gasteiger partial charge is 0.338 e. The average molecular weight is 538 g/mol. The summed E-state index contributed by atoms with van der Waals surface area (Å²) in [5.41, 5.74) is 1.60. The number of allylic oxidation sites excluding steroid dienone is 1. The van der Waals surface area contributed by atoms with Gasteiger partial charge in [-0.1, -0.05) is 12.1 Å². The summed E-state index contributed by atoms with van der Waals surface area (Å²) < 4.78 is 21.5. The van der Waals surface area contributed by atoms with Crippen molar-refractivity contribution < 1.29 is 33.3 Å². The molecule has 2 heterocycles. The van der Waals surface area contributed by atoms with E-state index in [0.717, 1.165) is 11.8 Å². The average Bonchev–Trinajstić information content (AvgIpc) is 2.92. The van der Waals surface area contributed by atoms with Gasteiger partial charge in [-0.25, -0.2) is 9.79 Å². The highest BCUT2D eigenvalue weighted by Crippen LogP contribution is 2.46. The molecule has 0 bridgehead atoms. The summed E-state index contributed by atoms with van der Waals surface area (Å²) in [5.74, 6) is -0.152. The number of hydrogen-bond donors (Lipinski definition) is 1. The van der Waals surface area contributed by atoms with Crippen molar-refractivity contribution in [2.75, 3.05) is 33.3 Å². The van der Waals surface area contributed by atoms with E-state index in [4.69, 9.17) is 18.9 Å². The molecule has 0 fully saturated rings. The van der Waals surface area contributed by atoms with Crippen LogP contribution in [0, 0.1) is 0 Å². The largest absolute Gasteiger partial charge is 0.497 e. The minimum Gasteiger partial charge on any atom is -0.497 e. The third kappa shape index (κ3) is 5.10. The van der Waals surface area contributed by atoms with E-state index in [-0.39, 0.29) is 22.3 Å². The molecular weight excluding hydrogens is 510 g/mol. The predicted molar refractivity (Wildman–Crippen MR) is 143 cm³/mol. The fourth-order valence-electron chi connectivity index (χ4n) is 4.17. The summed E-state index contributed by atoms with van der Waals surface area (Å²) in [7, 11) is 4.53. The van der Waals surface area contributed by atoms with Crippen LogP contribution in [0.4, 0.5) is 5.69 Å². The molecule has 4 rings (SSSR count). The first kappa shape index (κ1) is 26.8. The number of carbonyl (C=O) groups excluding carboxylic acids is 3. The summed E-state index contributed by atoms with van der Waals surface area (Å²) in [6, 6.07) is 11.1. The van der Waals surface area contributed by atoms with Gasteiger partial charge in [0.25, 0.3) is 11.8 Å². The summed E-state index contributed by atoms with van der Waals surface area (Å²) in [6.45, 7) is 3.51. The predicted octanol–water partition coefficient (Wildman–Crippen LogP) is 4.06. The Kier molecular flexibility index (Phi) is 8.06. The number of esters is 1. The number of ether oxygens (including phenoxy) is 4. The van der Waals surface area contributed by atoms with Gasteiger partial charge in [0, 0.05) is 17.3 Å². The lowest BCUT2D eigenvalue weighted by Gasteiger charge is -2.38. The second kappa shape index (κ2) is 11.4. The summed E-state index contributed by atoms with van der Waals surface area (Å²) in [5, 5.41) is 3.03. The Hall–Kier alpha value is -4.25. The SMILES string of the molecule is CCOC(=O)C1=C(C)N=C2SC(C(=O)Nc3ccc(OC)cc3)=CC(=O)N2[C@@H]1c1cccc(OC)c1OC. The van der Waals surface area contributed by atoms with E-state index in [1.165, 1.54) is 25.2 Å². The Bertz CT molecular complexity index is 1370. The van der Waals surface area contributed by atoms with Gasteiger partial charge < -0.3 is 24.3 Å². The Morgan fingerprint density at radius 1 is 1.05 bits per heavy atom. The van der Waals surface area contributed by atoms with E-state index in [1.54, 1.807) is 63.4 Å². The van der Waals surface area contributed by atoms with Gasteiger partial charge in [0.2, 0.25) is 0 Å². The van der Waals surface area contributed by atoms with Gasteiger partial charge in [-0.05, 0) is 55.9 Å². The number of thioether (sulfide) groups is 1. The van der Waals surface area contributed by atoms with Gasteiger partial charge >= 0.3 is 5.97 Å². The van der Waals surface area contributed by atoms with E-state index >= 15 is 0 Å². The summed E-state index contributed by atoms with van der Waals surface area (Å²) in [4.78, 5) is 45.7. The number of benzene rings is 2. The molecule has 0 spiro atoms. The third-order valence-corrected chi connectivity index (χ3v) is 6.87. The number of rotatable bonds is 8. The van der Waals surface area contributed by atoms with Crippen molar-refractivity contribution in [2.45, 2.75) is 19.9 Å². The van der Waals surface area contributed by atoms with Crippen LogP contribution in [0.5, 0.6) is 17.2 Å². The minimum atomic E-state index is -0.922. The quantitative estimate of drug-likeness (QED) is 0.502. The molecule has 2 aromatic carbocycles. The molecule has 0 aromatic heterocycles. The second-order valence-corrected chi connectivity index (χ2v) is 9.11. The standard InChI is InChI=1S/C27H27N3O7S/c1-6-37-26(33)22-15(2)28-27-30(23(22)18-8-7-9-19(35-4)24(18)36-5)21(31)14-20(38-27)25(32)29-16-10-12-17(34-3)13-11-16/h7-14,23H,6H2,1-5H3,(H,29,32)/t23-/m1/s1. The zero-order valence-corrected chi connectivity index (χ0v) is 22.4. The van der Waals surface area contributed by atoms with E-state index in [1.807, 2.05) is 0 Å². The Morgan fingerprint density at radius 3 is 2.42 bits per heavy atom. The number of aliphatic imine (C=N–C) groups is 1. The number of hydrogen-bond acceptors (Lipinski definition) is 9. The van der Waals surface area contributed by atoms with Crippen LogP contribution in [0.15, 0.2) is 69.7 Å². The Balaban J connectivity index is 1.76. The normalized spacial score (nSPS) is 16.7. The summed E-state index contributed by atoms with van der Waals surface area (Å²) in [6.07, 6.45) is 1.23. The van der Waals surface area contributed by atoms with Crippen molar-refractivity contribution in [1.29, 1.82) is 0 Å². The first-order chi connectivity index (χ1) is 18.3. The van der Waals surface area contributed by atoms with Gasteiger partial charge in [-0.2, -0.15) is 0 Å². The molecule has 2 aliphatic heterocycles. The molecule has 1 atom stereocenters. The molecule has 0 unspecified atom stereocenters. The number of amides is 2. The molecular formula is C27H27N3O7S. The van der Waals surface area contributed by atoms with Gasteiger partial charge in [0.05, 0.1) is 44.1 Å². The molecule has 0 aliphatic carbocycles. The third-order valence-electron chi connectivity index (χ3n) is 5.88. The Labute approximate surface area is 224 Å². The number of amidine groups is 1. The van der Waals surface area contributed by atoms with Gasteiger partial charge in [0.1, 0.15) is 11.8 Å². The zero-order valence-electron chi connectivity index (χ0n) is 21.6. The van der Waals surface area contributed by atoms with Gasteiger partial charge in [-0.3, -0.25) is 14.5 Å². The zero-order chi connectivity index (χ0) is 27.4. The van der Waals surface area contributed by atoms with Crippen LogP contribution < -0.4 is 19.5 Å². The molecule has 11 heteroatoms. The van der Waals surface area contributed by atoms with Crippen LogP contribution in [0.3, 0.4) is 0 Å². The number of methoxy groups -OCH3 is 3. The molecule has 0 saturated carbocycles. The topological polar surface area (TPSA) is 116 Å².